The van der Waals surface area contributed by atoms with Gasteiger partial charge in [-0.3, -0.25) is 4.79 Å². The molecule has 122 valence electrons. The van der Waals surface area contributed by atoms with Crippen LogP contribution < -0.4 is 14.2 Å². The van der Waals surface area contributed by atoms with Gasteiger partial charge in [-0.15, -0.1) is 0 Å². The van der Waals surface area contributed by atoms with E-state index in [2.05, 4.69) is 6.07 Å². The van der Waals surface area contributed by atoms with Gasteiger partial charge in [0.1, 0.15) is 22.8 Å². The Labute approximate surface area is 140 Å². The van der Waals surface area contributed by atoms with Crippen molar-refractivity contribution >= 4 is 11.9 Å². The summed E-state index contributed by atoms with van der Waals surface area (Å²) in [5.74, 6) is 0.998. The summed E-state index contributed by atoms with van der Waals surface area (Å²) in [4.78, 5) is 12.6. The molecular weight excluding hydrogens is 306 g/mol. The molecule has 0 heterocycles. The number of methoxy groups -OCH3 is 3. The van der Waals surface area contributed by atoms with Gasteiger partial charge in [0.15, 0.2) is 5.78 Å². The lowest BCUT2D eigenvalue weighted by Crippen LogP contribution is -2.03. The van der Waals surface area contributed by atoms with Crippen LogP contribution in [0.4, 0.5) is 0 Å². The van der Waals surface area contributed by atoms with E-state index in [-0.39, 0.29) is 5.78 Å². The third-order valence-corrected chi connectivity index (χ3v) is 3.40. The van der Waals surface area contributed by atoms with E-state index in [4.69, 9.17) is 19.5 Å². The van der Waals surface area contributed by atoms with Crippen molar-refractivity contribution in [1.29, 1.82) is 5.26 Å². The fraction of sp³-hybridized carbons (Fsp3) is 0.158. The summed E-state index contributed by atoms with van der Waals surface area (Å²) >= 11 is 0. The molecule has 0 bridgehead atoms. The highest BCUT2D eigenvalue weighted by Gasteiger charge is 2.18. The lowest BCUT2D eigenvalue weighted by Gasteiger charge is -2.13. The molecule has 0 radical (unpaired) electrons. The fourth-order valence-electron chi connectivity index (χ4n) is 2.22. The topological polar surface area (TPSA) is 68.5 Å². The summed E-state index contributed by atoms with van der Waals surface area (Å²) in [5, 5.41) is 8.92. The van der Waals surface area contributed by atoms with Gasteiger partial charge in [-0.25, -0.2) is 0 Å². The number of allylic oxidation sites excluding steroid dienone is 1. The van der Waals surface area contributed by atoms with Crippen molar-refractivity contribution in [2.45, 2.75) is 0 Å². The number of hydrogen-bond donors (Lipinski definition) is 0. The summed E-state index contributed by atoms with van der Waals surface area (Å²) < 4.78 is 15.7. The van der Waals surface area contributed by atoms with Gasteiger partial charge in [0.2, 0.25) is 0 Å². The van der Waals surface area contributed by atoms with Gasteiger partial charge in [-0.2, -0.15) is 5.26 Å². The highest BCUT2D eigenvalue weighted by Crippen LogP contribution is 2.34. The van der Waals surface area contributed by atoms with Crippen LogP contribution in [0.25, 0.3) is 6.08 Å². The quantitative estimate of drug-likeness (QED) is 0.601. The zero-order valence-electron chi connectivity index (χ0n) is 13.7. The molecule has 2 aromatic carbocycles. The zero-order valence-corrected chi connectivity index (χ0v) is 13.7. The maximum atomic E-state index is 12.6. The molecule has 24 heavy (non-hydrogen) atoms. The third kappa shape index (κ3) is 3.73. The van der Waals surface area contributed by atoms with E-state index >= 15 is 0 Å². The van der Waals surface area contributed by atoms with E-state index in [0.717, 1.165) is 5.56 Å². The van der Waals surface area contributed by atoms with Crippen LogP contribution in [0.15, 0.2) is 42.5 Å². The van der Waals surface area contributed by atoms with Crippen molar-refractivity contribution in [3.05, 3.63) is 59.2 Å². The Morgan fingerprint density at radius 2 is 1.71 bits per heavy atom. The predicted molar refractivity (Wildman–Crippen MR) is 90.6 cm³/mol. The predicted octanol–water partition coefficient (Wildman–Crippen LogP) is 3.48. The van der Waals surface area contributed by atoms with Crippen LogP contribution in [0.3, 0.4) is 0 Å². The number of carbonyl (C=O) groups excluding carboxylic acids is 1. The normalized spacial score (nSPS) is 10.2. The third-order valence-electron chi connectivity index (χ3n) is 3.40. The summed E-state index contributed by atoms with van der Waals surface area (Å²) in [6.07, 6.45) is 3.07. The average Bonchev–Trinajstić information content (AvgIpc) is 2.64. The largest absolute Gasteiger partial charge is 0.496 e. The number of hydrogen-bond acceptors (Lipinski definition) is 5. The summed E-state index contributed by atoms with van der Waals surface area (Å²) in [6, 6.07) is 12.3. The molecule has 0 spiro atoms. The zero-order chi connectivity index (χ0) is 17.5. The van der Waals surface area contributed by atoms with Crippen molar-refractivity contribution in [2.75, 3.05) is 21.3 Å². The van der Waals surface area contributed by atoms with Crippen molar-refractivity contribution in [3.8, 4) is 23.3 Å². The molecule has 0 aliphatic rings. The molecule has 0 saturated heterocycles. The smallest absolute Gasteiger partial charge is 0.193 e. The van der Waals surface area contributed by atoms with Crippen molar-refractivity contribution in [3.63, 3.8) is 0 Å². The number of benzene rings is 2. The van der Waals surface area contributed by atoms with E-state index in [1.807, 2.05) is 6.07 Å². The summed E-state index contributed by atoms with van der Waals surface area (Å²) in [6.45, 7) is 0. The second kappa shape index (κ2) is 7.84. The Kier molecular flexibility index (Phi) is 5.58. The standard InChI is InChI=1S/C19H17NO4/c1-22-15-10-17(23-2)19(18(11-15)24-3)16(21)8-7-13-5-4-6-14(9-13)12-20/h4-11H,1-3H3/b8-7+. The van der Waals surface area contributed by atoms with Gasteiger partial charge < -0.3 is 14.2 Å². The number of carbonyl (C=O) groups is 1. The molecule has 0 unspecified atom stereocenters. The van der Waals surface area contributed by atoms with E-state index in [0.29, 0.717) is 28.4 Å². The molecular formula is C19H17NO4. The molecule has 0 amide bonds. The Morgan fingerprint density at radius 3 is 2.25 bits per heavy atom. The Bertz CT molecular complexity index is 793. The number of nitrogens with zero attached hydrogens (tertiary/aromatic N) is 1. The average molecular weight is 323 g/mol. The number of ether oxygens (including phenoxy) is 3. The molecule has 0 saturated carbocycles. The van der Waals surface area contributed by atoms with E-state index in [1.54, 1.807) is 36.4 Å². The maximum absolute atomic E-state index is 12.6. The van der Waals surface area contributed by atoms with Crippen molar-refractivity contribution < 1.29 is 19.0 Å². The Morgan fingerprint density at radius 1 is 1.04 bits per heavy atom. The molecule has 2 rings (SSSR count). The van der Waals surface area contributed by atoms with Crippen LogP contribution in [0.1, 0.15) is 21.5 Å². The van der Waals surface area contributed by atoms with Crippen LogP contribution in [0.2, 0.25) is 0 Å². The first-order chi connectivity index (χ1) is 11.6. The van der Waals surface area contributed by atoms with E-state index < -0.39 is 0 Å². The van der Waals surface area contributed by atoms with Gasteiger partial charge in [0.25, 0.3) is 0 Å². The summed E-state index contributed by atoms with van der Waals surface area (Å²) in [5.41, 5.74) is 1.60. The lowest BCUT2D eigenvalue weighted by molar-refractivity contribution is 0.104. The first-order valence-corrected chi connectivity index (χ1v) is 7.15. The number of ketones is 1. The second-order valence-corrected chi connectivity index (χ2v) is 4.84. The minimum Gasteiger partial charge on any atom is -0.496 e. The molecule has 0 fully saturated rings. The minimum absolute atomic E-state index is 0.270. The van der Waals surface area contributed by atoms with Gasteiger partial charge in [0, 0.05) is 12.1 Å². The molecule has 0 aliphatic carbocycles. The Balaban J connectivity index is 2.38. The Hall–Kier alpha value is -3.26. The number of rotatable bonds is 6. The van der Waals surface area contributed by atoms with E-state index in [9.17, 15) is 4.79 Å². The van der Waals surface area contributed by atoms with Gasteiger partial charge in [0.05, 0.1) is 33.0 Å². The first kappa shape index (κ1) is 17.1. The SMILES string of the molecule is COc1cc(OC)c(C(=O)/C=C/c2cccc(C#N)c2)c(OC)c1. The van der Waals surface area contributed by atoms with Crippen LogP contribution in [0, 0.1) is 11.3 Å². The van der Waals surface area contributed by atoms with Gasteiger partial charge >= 0.3 is 0 Å². The first-order valence-electron chi connectivity index (χ1n) is 7.15. The molecule has 2 aromatic rings. The van der Waals surface area contributed by atoms with Crippen molar-refractivity contribution in [2.24, 2.45) is 0 Å². The number of nitriles is 1. The maximum Gasteiger partial charge on any atom is 0.193 e. The lowest BCUT2D eigenvalue weighted by atomic mass is 10.1. The fourth-order valence-corrected chi connectivity index (χ4v) is 2.22. The van der Waals surface area contributed by atoms with Gasteiger partial charge in [-0.05, 0) is 23.8 Å². The van der Waals surface area contributed by atoms with Crippen LogP contribution in [0.5, 0.6) is 17.2 Å². The monoisotopic (exact) mass is 323 g/mol. The minimum atomic E-state index is -0.270. The van der Waals surface area contributed by atoms with Gasteiger partial charge in [-0.1, -0.05) is 18.2 Å². The van der Waals surface area contributed by atoms with E-state index in [1.165, 1.54) is 27.4 Å². The molecule has 0 aromatic heterocycles. The molecule has 0 aliphatic heterocycles. The molecule has 0 N–H and O–H groups in total. The highest BCUT2D eigenvalue weighted by atomic mass is 16.5. The van der Waals surface area contributed by atoms with Crippen molar-refractivity contribution in [1.82, 2.24) is 0 Å². The highest BCUT2D eigenvalue weighted by molar-refractivity contribution is 6.10. The second-order valence-electron chi connectivity index (χ2n) is 4.84. The molecule has 5 heteroatoms. The summed E-state index contributed by atoms with van der Waals surface area (Å²) in [7, 11) is 4.48. The van der Waals surface area contributed by atoms with Crippen LogP contribution in [-0.2, 0) is 0 Å². The molecule has 0 atom stereocenters. The van der Waals surface area contributed by atoms with Crippen LogP contribution >= 0.6 is 0 Å². The van der Waals surface area contributed by atoms with Crippen LogP contribution in [-0.4, -0.2) is 27.1 Å². The molecule has 5 nitrogen and oxygen atoms in total.